The first-order valence-electron chi connectivity index (χ1n) is 7.62. The van der Waals surface area contributed by atoms with Crippen LogP contribution in [0.1, 0.15) is 43.0 Å². The Morgan fingerprint density at radius 3 is 2.50 bits per heavy atom. The third kappa shape index (κ3) is 2.68. The number of fused-ring (bicyclic) bond motifs is 1. The standard InChI is InChI=1S/C16H19N3O3/c1-9-4-2-3-5-13(9)17-14(20)10-6-7-11-12(8-10)16(22)19-18-15(11)21/h6-9,13H,2-5H2,1H3,(H,17,20)(H,18,21)(H,19,22)/t9-,13-/m1/s1. The highest BCUT2D eigenvalue weighted by atomic mass is 16.2. The summed E-state index contributed by atoms with van der Waals surface area (Å²) in [6.45, 7) is 2.15. The van der Waals surface area contributed by atoms with Crippen molar-refractivity contribution in [3.8, 4) is 0 Å². The van der Waals surface area contributed by atoms with Crippen LogP contribution in [0.15, 0.2) is 27.8 Å². The fourth-order valence-electron chi connectivity index (χ4n) is 3.10. The number of hydrogen-bond donors (Lipinski definition) is 3. The zero-order chi connectivity index (χ0) is 15.7. The van der Waals surface area contributed by atoms with Crippen LogP contribution in [0.25, 0.3) is 10.8 Å². The average Bonchev–Trinajstić information content (AvgIpc) is 2.53. The van der Waals surface area contributed by atoms with Crippen LogP contribution in [-0.2, 0) is 0 Å². The molecule has 2 aromatic rings. The van der Waals surface area contributed by atoms with Crippen molar-refractivity contribution in [3.05, 3.63) is 44.5 Å². The first-order chi connectivity index (χ1) is 10.6. The van der Waals surface area contributed by atoms with E-state index in [2.05, 4.69) is 22.4 Å². The molecular formula is C16H19N3O3. The van der Waals surface area contributed by atoms with Crippen LogP contribution in [0.2, 0.25) is 0 Å². The molecule has 1 heterocycles. The Morgan fingerprint density at radius 2 is 1.77 bits per heavy atom. The van der Waals surface area contributed by atoms with Gasteiger partial charge in [0.1, 0.15) is 0 Å². The molecule has 3 rings (SSSR count). The second-order valence-corrected chi connectivity index (χ2v) is 6.01. The van der Waals surface area contributed by atoms with Gasteiger partial charge in [0, 0.05) is 11.6 Å². The molecule has 6 heteroatoms. The summed E-state index contributed by atoms with van der Waals surface area (Å²) in [5, 5.41) is 8.10. The lowest BCUT2D eigenvalue weighted by atomic mass is 9.86. The highest BCUT2D eigenvalue weighted by molar-refractivity contribution is 5.98. The van der Waals surface area contributed by atoms with Gasteiger partial charge in [-0.15, -0.1) is 0 Å². The molecule has 3 N–H and O–H groups in total. The molecule has 1 amide bonds. The molecule has 0 spiro atoms. The van der Waals surface area contributed by atoms with E-state index in [1.807, 2.05) is 0 Å². The van der Waals surface area contributed by atoms with Crippen molar-refractivity contribution in [3.63, 3.8) is 0 Å². The fourth-order valence-corrected chi connectivity index (χ4v) is 3.10. The summed E-state index contributed by atoms with van der Waals surface area (Å²) >= 11 is 0. The van der Waals surface area contributed by atoms with Crippen molar-refractivity contribution in [1.82, 2.24) is 15.5 Å². The molecule has 116 valence electrons. The van der Waals surface area contributed by atoms with Crippen molar-refractivity contribution >= 4 is 16.7 Å². The summed E-state index contributed by atoms with van der Waals surface area (Å²) in [5.41, 5.74) is -0.376. The van der Waals surface area contributed by atoms with E-state index < -0.39 is 5.56 Å². The van der Waals surface area contributed by atoms with Gasteiger partial charge < -0.3 is 5.32 Å². The number of hydrogen-bond acceptors (Lipinski definition) is 3. The number of H-pyrrole nitrogens is 2. The van der Waals surface area contributed by atoms with Gasteiger partial charge in [-0.1, -0.05) is 19.8 Å². The summed E-state index contributed by atoms with van der Waals surface area (Å²) in [6, 6.07) is 4.75. The number of aromatic nitrogens is 2. The van der Waals surface area contributed by atoms with E-state index in [-0.39, 0.29) is 28.3 Å². The second kappa shape index (κ2) is 5.79. The van der Waals surface area contributed by atoms with E-state index in [9.17, 15) is 14.4 Å². The molecule has 0 saturated heterocycles. The Morgan fingerprint density at radius 1 is 1.09 bits per heavy atom. The van der Waals surface area contributed by atoms with E-state index in [1.54, 1.807) is 6.07 Å². The van der Waals surface area contributed by atoms with Crippen LogP contribution in [-0.4, -0.2) is 22.1 Å². The summed E-state index contributed by atoms with van der Waals surface area (Å²) in [5.74, 6) is 0.268. The lowest BCUT2D eigenvalue weighted by Crippen LogP contribution is -2.41. The number of amides is 1. The van der Waals surface area contributed by atoms with Gasteiger partial charge in [0.05, 0.1) is 10.8 Å². The zero-order valence-corrected chi connectivity index (χ0v) is 12.4. The molecule has 0 radical (unpaired) electrons. The van der Waals surface area contributed by atoms with Crippen molar-refractivity contribution in [2.75, 3.05) is 0 Å². The lowest BCUT2D eigenvalue weighted by molar-refractivity contribution is 0.0910. The van der Waals surface area contributed by atoms with Gasteiger partial charge in [0.15, 0.2) is 0 Å². The van der Waals surface area contributed by atoms with Crippen molar-refractivity contribution in [2.45, 2.75) is 38.6 Å². The number of carbonyl (C=O) groups is 1. The van der Waals surface area contributed by atoms with E-state index in [0.29, 0.717) is 11.5 Å². The van der Waals surface area contributed by atoms with Gasteiger partial charge in [-0.25, -0.2) is 0 Å². The summed E-state index contributed by atoms with van der Waals surface area (Å²) in [6.07, 6.45) is 4.45. The average molecular weight is 301 g/mol. The smallest absolute Gasteiger partial charge is 0.270 e. The van der Waals surface area contributed by atoms with Gasteiger partial charge in [0.25, 0.3) is 17.0 Å². The minimum absolute atomic E-state index is 0.175. The molecular weight excluding hydrogens is 282 g/mol. The Hall–Kier alpha value is -2.37. The molecule has 22 heavy (non-hydrogen) atoms. The third-order valence-corrected chi connectivity index (χ3v) is 4.49. The predicted molar refractivity (Wildman–Crippen MR) is 84.1 cm³/mol. The van der Waals surface area contributed by atoms with E-state index in [0.717, 1.165) is 19.3 Å². The van der Waals surface area contributed by atoms with Gasteiger partial charge in [-0.2, -0.15) is 0 Å². The van der Waals surface area contributed by atoms with Crippen LogP contribution >= 0.6 is 0 Å². The van der Waals surface area contributed by atoms with E-state index in [1.165, 1.54) is 18.6 Å². The number of carbonyl (C=O) groups excluding carboxylic acids is 1. The molecule has 0 unspecified atom stereocenters. The Balaban J connectivity index is 1.90. The van der Waals surface area contributed by atoms with Gasteiger partial charge >= 0.3 is 0 Å². The maximum Gasteiger partial charge on any atom is 0.270 e. The molecule has 1 aliphatic rings. The number of aromatic amines is 2. The molecule has 6 nitrogen and oxygen atoms in total. The quantitative estimate of drug-likeness (QED) is 0.785. The third-order valence-electron chi connectivity index (χ3n) is 4.49. The summed E-state index contributed by atoms with van der Waals surface area (Å²) in [7, 11) is 0. The molecule has 1 fully saturated rings. The Kier molecular flexibility index (Phi) is 3.83. The van der Waals surface area contributed by atoms with Crippen LogP contribution < -0.4 is 16.4 Å². The molecule has 1 aromatic carbocycles. The van der Waals surface area contributed by atoms with Gasteiger partial charge in [-0.3, -0.25) is 24.6 Å². The van der Waals surface area contributed by atoms with Gasteiger partial charge in [0.2, 0.25) is 0 Å². The summed E-state index contributed by atoms with van der Waals surface area (Å²) < 4.78 is 0. The van der Waals surface area contributed by atoms with Crippen LogP contribution in [0, 0.1) is 5.92 Å². The number of benzene rings is 1. The van der Waals surface area contributed by atoms with Crippen LogP contribution in [0.4, 0.5) is 0 Å². The van der Waals surface area contributed by atoms with Gasteiger partial charge in [-0.05, 0) is 37.0 Å². The Bertz CT molecular complexity index is 821. The van der Waals surface area contributed by atoms with E-state index in [4.69, 9.17) is 0 Å². The highest BCUT2D eigenvalue weighted by Crippen LogP contribution is 2.24. The lowest BCUT2D eigenvalue weighted by Gasteiger charge is -2.29. The first kappa shape index (κ1) is 14.6. The fraction of sp³-hybridized carbons (Fsp3) is 0.438. The minimum Gasteiger partial charge on any atom is -0.349 e. The number of nitrogens with one attached hydrogen (secondary N) is 3. The van der Waals surface area contributed by atoms with Crippen molar-refractivity contribution < 1.29 is 4.79 Å². The normalized spacial score (nSPS) is 21.7. The second-order valence-electron chi connectivity index (χ2n) is 6.01. The molecule has 1 saturated carbocycles. The van der Waals surface area contributed by atoms with Crippen molar-refractivity contribution in [2.24, 2.45) is 5.92 Å². The molecule has 1 aliphatic carbocycles. The topological polar surface area (TPSA) is 94.8 Å². The van der Waals surface area contributed by atoms with Crippen molar-refractivity contribution in [1.29, 1.82) is 0 Å². The number of rotatable bonds is 2. The molecule has 0 bridgehead atoms. The minimum atomic E-state index is -0.407. The molecule has 2 atom stereocenters. The van der Waals surface area contributed by atoms with Crippen LogP contribution in [0.3, 0.4) is 0 Å². The Labute approximate surface area is 126 Å². The maximum atomic E-state index is 12.4. The first-order valence-corrected chi connectivity index (χ1v) is 7.62. The van der Waals surface area contributed by atoms with E-state index >= 15 is 0 Å². The highest BCUT2D eigenvalue weighted by Gasteiger charge is 2.23. The molecule has 0 aliphatic heterocycles. The molecule has 1 aromatic heterocycles. The SMILES string of the molecule is C[C@@H]1CCCC[C@H]1NC(=O)c1ccc2c(=O)[nH][nH]c(=O)c2c1. The largest absolute Gasteiger partial charge is 0.349 e. The zero-order valence-electron chi connectivity index (χ0n) is 12.4. The monoisotopic (exact) mass is 301 g/mol. The maximum absolute atomic E-state index is 12.4. The van der Waals surface area contributed by atoms with Crippen LogP contribution in [0.5, 0.6) is 0 Å². The predicted octanol–water partition coefficient (Wildman–Crippen LogP) is 1.52. The summed E-state index contributed by atoms with van der Waals surface area (Å²) in [4.78, 5) is 35.8.